The molecule has 0 aromatic carbocycles. The number of hydrogen-bond acceptors (Lipinski definition) is 11. The average molecular weight is 632 g/mol. The monoisotopic (exact) mass is 631 g/mol. The van der Waals surface area contributed by atoms with Gasteiger partial charge in [-0.1, -0.05) is 34.6 Å². The highest BCUT2D eigenvalue weighted by Gasteiger charge is 2.57. The summed E-state index contributed by atoms with van der Waals surface area (Å²) in [5, 5.41) is 48.9. The van der Waals surface area contributed by atoms with Gasteiger partial charge in [0.2, 0.25) is 0 Å². The van der Waals surface area contributed by atoms with Crippen molar-refractivity contribution >= 4 is 11.8 Å². The highest BCUT2D eigenvalue weighted by Crippen LogP contribution is 2.42. The molecule has 0 amide bonds. The number of aliphatic hydroxyl groups excluding tert-OH is 1. The first-order chi connectivity index (χ1) is 20.2. The molecule has 11 heteroatoms. The molecular formula is C33H61NO10. The van der Waals surface area contributed by atoms with Crippen LogP contribution >= 0.6 is 0 Å². The lowest BCUT2D eigenvalue weighted by molar-refractivity contribution is -0.328. The number of ether oxygens (including phenoxy) is 4. The summed E-state index contributed by atoms with van der Waals surface area (Å²) >= 11 is 0. The minimum absolute atomic E-state index is 0.120. The zero-order valence-electron chi connectivity index (χ0n) is 28.9. The van der Waals surface area contributed by atoms with Crippen molar-refractivity contribution in [3.05, 3.63) is 0 Å². The number of rotatable bonds is 8. The van der Waals surface area contributed by atoms with Gasteiger partial charge in [-0.3, -0.25) is 9.59 Å². The van der Waals surface area contributed by atoms with Crippen LogP contribution < -0.4 is 5.32 Å². The molecule has 2 saturated heterocycles. The summed E-state index contributed by atoms with van der Waals surface area (Å²) in [7, 11) is 1.54. The van der Waals surface area contributed by atoms with E-state index in [1.54, 1.807) is 41.5 Å². The van der Waals surface area contributed by atoms with Crippen LogP contribution in [0.15, 0.2) is 0 Å². The zero-order chi connectivity index (χ0) is 33.8. The molecule has 2 aliphatic rings. The second-order valence-electron chi connectivity index (χ2n) is 14.3. The van der Waals surface area contributed by atoms with Crippen LogP contribution in [0.5, 0.6) is 0 Å². The van der Waals surface area contributed by atoms with E-state index in [2.05, 4.69) is 5.32 Å². The van der Waals surface area contributed by atoms with E-state index in [-0.39, 0.29) is 38.0 Å². The molecule has 2 fully saturated rings. The molecule has 0 spiro atoms. The third-order valence-corrected chi connectivity index (χ3v) is 10.3. The Labute approximate surface area is 264 Å². The highest BCUT2D eigenvalue weighted by atomic mass is 16.7. The van der Waals surface area contributed by atoms with Crippen molar-refractivity contribution < 1.29 is 49.0 Å². The molecule has 11 nitrogen and oxygen atoms in total. The number of ketones is 1. The Morgan fingerprint density at radius 2 is 1.57 bits per heavy atom. The van der Waals surface area contributed by atoms with Crippen LogP contribution in [0, 0.1) is 23.7 Å². The molecule has 0 aliphatic carbocycles. The lowest BCUT2D eigenvalue weighted by Gasteiger charge is -2.53. The van der Waals surface area contributed by atoms with Crippen LogP contribution in [0.4, 0.5) is 0 Å². The van der Waals surface area contributed by atoms with E-state index in [9.17, 15) is 30.0 Å². The Morgan fingerprint density at radius 1 is 0.955 bits per heavy atom. The van der Waals surface area contributed by atoms with Crippen molar-refractivity contribution in [3.63, 3.8) is 0 Å². The second-order valence-corrected chi connectivity index (χ2v) is 14.3. The molecule has 13 atom stereocenters. The maximum absolute atomic E-state index is 13.7. The Kier molecular flexibility index (Phi) is 13.4. The third-order valence-electron chi connectivity index (χ3n) is 10.3. The molecule has 5 N–H and O–H groups in total. The van der Waals surface area contributed by atoms with Gasteiger partial charge < -0.3 is 44.7 Å². The normalized spacial score (nSPS) is 46.8. The van der Waals surface area contributed by atoms with Crippen LogP contribution in [-0.4, -0.2) is 105 Å². The Bertz CT molecular complexity index is 959. The SMILES string of the molecule is CCCNC[C@@]1(O)[C@H](C)O[C@@H](O[C@H]2[C@H](C)C[C@](C)(O)C[C@@H](C)C(=O)[C@H](C)[C@@H](O)[C@](C)(O)[C@@H](CC)OC(=O)[C@@H]2C)C[C@@]1(C)OC. The largest absolute Gasteiger partial charge is 0.459 e. The van der Waals surface area contributed by atoms with Crippen LogP contribution in [0.1, 0.15) is 101 Å². The van der Waals surface area contributed by atoms with E-state index in [4.69, 9.17) is 18.9 Å². The minimum atomic E-state index is -1.91. The molecule has 44 heavy (non-hydrogen) atoms. The number of Topliss-reactive ketones (excluding diaryl/α,β-unsaturated/α-hetero) is 1. The van der Waals surface area contributed by atoms with E-state index in [0.717, 1.165) is 13.0 Å². The Hall–Kier alpha value is -1.18. The summed E-state index contributed by atoms with van der Waals surface area (Å²) in [6.45, 7) is 18.1. The lowest BCUT2D eigenvalue weighted by Crippen LogP contribution is -2.70. The standard InChI is InChI=1S/C33H61NO10/c1-12-14-34-18-33(40)23(7)42-25(17-31(33,9)41-11)44-27-20(4)16-30(8,38)15-19(3)26(35)21(5)28(36)32(10,39)24(13-2)43-29(37)22(27)6/h19-25,27-28,34,36,38-40H,12-18H2,1-11H3/t19-,20-,21+,22-,23+,24-,25+,27+,28-,30-,31-,32-,33-/m1/s1. The number of methoxy groups -OCH3 is 1. The van der Waals surface area contributed by atoms with Gasteiger partial charge in [0.1, 0.15) is 28.7 Å². The van der Waals surface area contributed by atoms with Crippen molar-refractivity contribution in [2.45, 2.75) is 154 Å². The van der Waals surface area contributed by atoms with Crippen molar-refractivity contribution in [2.24, 2.45) is 23.7 Å². The maximum atomic E-state index is 13.7. The molecule has 0 bridgehead atoms. The summed E-state index contributed by atoms with van der Waals surface area (Å²) in [5.74, 6) is -3.76. The van der Waals surface area contributed by atoms with E-state index in [1.807, 2.05) is 20.8 Å². The van der Waals surface area contributed by atoms with Gasteiger partial charge in [-0.15, -0.1) is 0 Å². The lowest BCUT2D eigenvalue weighted by atomic mass is 9.75. The third kappa shape index (κ3) is 8.39. The van der Waals surface area contributed by atoms with E-state index in [1.165, 1.54) is 14.0 Å². The smallest absolute Gasteiger partial charge is 0.311 e. The summed E-state index contributed by atoms with van der Waals surface area (Å²) in [6, 6.07) is 0. The molecular weight excluding hydrogens is 570 g/mol. The van der Waals surface area contributed by atoms with Crippen molar-refractivity contribution in [2.75, 3.05) is 20.2 Å². The number of esters is 1. The van der Waals surface area contributed by atoms with Crippen LogP contribution in [0.2, 0.25) is 0 Å². The van der Waals surface area contributed by atoms with Gasteiger partial charge in [-0.25, -0.2) is 0 Å². The predicted molar refractivity (Wildman–Crippen MR) is 166 cm³/mol. The molecule has 0 radical (unpaired) electrons. The van der Waals surface area contributed by atoms with Gasteiger partial charge >= 0.3 is 5.97 Å². The highest BCUT2D eigenvalue weighted by molar-refractivity contribution is 5.83. The van der Waals surface area contributed by atoms with Gasteiger partial charge in [-0.05, 0) is 72.8 Å². The van der Waals surface area contributed by atoms with Gasteiger partial charge in [-0.2, -0.15) is 0 Å². The van der Waals surface area contributed by atoms with Gasteiger partial charge in [0.15, 0.2) is 6.29 Å². The maximum Gasteiger partial charge on any atom is 0.311 e. The average Bonchev–Trinajstić information content (AvgIpc) is 2.94. The molecule has 0 aromatic rings. The number of nitrogens with one attached hydrogen (secondary N) is 1. The van der Waals surface area contributed by atoms with Gasteiger partial charge in [0.05, 0.1) is 29.8 Å². The van der Waals surface area contributed by atoms with Gasteiger partial charge in [0.25, 0.3) is 0 Å². The fraction of sp³-hybridized carbons (Fsp3) is 0.939. The molecule has 0 unspecified atom stereocenters. The molecule has 2 rings (SSSR count). The summed E-state index contributed by atoms with van der Waals surface area (Å²) in [5.41, 5.74) is -5.63. The number of carbonyl (C=O) groups is 2. The summed E-state index contributed by atoms with van der Waals surface area (Å²) < 4.78 is 24.5. The van der Waals surface area contributed by atoms with E-state index >= 15 is 0 Å². The van der Waals surface area contributed by atoms with Crippen LogP contribution in [0.25, 0.3) is 0 Å². The fourth-order valence-corrected chi connectivity index (χ4v) is 7.31. The van der Waals surface area contributed by atoms with E-state index in [0.29, 0.717) is 0 Å². The van der Waals surface area contributed by atoms with Crippen LogP contribution in [0.3, 0.4) is 0 Å². The summed E-state index contributed by atoms with van der Waals surface area (Å²) in [4.78, 5) is 27.0. The molecule has 0 aromatic heterocycles. The number of aliphatic hydroxyl groups is 4. The van der Waals surface area contributed by atoms with Gasteiger partial charge in [0, 0.05) is 31.9 Å². The quantitative estimate of drug-likeness (QED) is 0.198. The number of cyclic esters (lactones) is 1. The Morgan fingerprint density at radius 3 is 2.11 bits per heavy atom. The second kappa shape index (κ2) is 15.2. The fourth-order valence-electron chi connectivity index (χ4n) is 7.31. The number of hydrogen-bond donors (Lipinski definition) is 5. The molecule has 2 aliphatic heterocycles. The first-order valence-electron chi connectivity index (χ1n) is 16.4. The van der Waals surface area contributed by atoms with E-state index < -0.39 is 82.8 Å². The van der Waals surface area contributed by atoms with Crippen LogP contribution in [-0.2, 0) is 28.5 Å². The number of carbonyl (C=O) groups excluding carboxylic acids is 2. The Balaban J connectivity index is 2.48. The molecule has 258 valence electrons. The van der Waals surface area contributed by atoms with Crippen molar-refractivity contribution in [3.8, 4) is 0 Å². The minimum Gasteiger partial charge on any atom is -0.459 e. The topological polar surface area (TPSA) is 164 Å². The first-order valence-corrected chi connectivity index (χ1v) is 16.4. The predicted octanol–water partition coefficient (Wildman–Crippen LogP) is 2.73. The first kappa shape index (κ1) is 39.0. The van der Waals surface area contributed by atoms with Crippen molar-refractivity contribution in [1.82, 2.24) is 5.32 Å². The molecule has 0 saturated carbocycles. The molecule has 2 heterocycles. The van der Waals surface area contributed by atoms with Crippen molar-refractivity contribution in [1.29, 1.82) is 0 Å². The summed E-state index contributed by atoms with van der Waals surface area (Å²) in [6.07, 6.45) is -3.36. The zero-order valence-corrected chi connectivity index (χ0v) is 28.9.